The smallest absolute Gasteiger partial charge is 0.347 e. The third kappa shape index (κ3) is 3.59. The van der Waals surface area contributed by atoms with Crippen LogP contribution in [-0.4, -0.2) is 48.1 Å². The summed E-state index contributed by atoms with van der Waals surface area (Å²) in [6, 6.07) is 8.36. The summed E-state index contributed by atoms with van der Waals surface area (Å²) < 4.78 is 15.4. The maximum Gasteiger partial charge on any atom is 0.347 e. The second kappa shape index (κ2) is 7.97. The number of esters is 1. The molecular formula is C19H16N2O8. The molecule has 0 saturated heterocycles. The predicted octanol–water partition coefficient (Wildman–Crippen LogP) is 2.41. The van der Waals surface area contributed by atoms with Gasteiger partial charge in [-0.25, -0.2) is 9.69 Å². The molecule has 0 unspecified atom stereocenters. The fraction of sp³-hybridized carbons (Fsp3) is 0.211. The van der Waals surface area contributed by atoms with E-state index in [0.717, 1.165) is 17.0 Å². The highest BCUT2D eigenvalue weighted by Crippen LogP contribution is 2.35. The normalized spacial score (nSPS) is 12.6. The van der Waals surface area contributed by atoms with E-state index in [1.807, 2.05) is 0 Å². The lowest BCUT2D eigenvalue weighted by Crippen LogP contribution is -2.33. The maximum atomic E-state index is 12.5. The van der Waals surface area contributed by atoms with Gasteiger partial charge in [-0.2, -0.15) is 0 Å². The number of nitro groups is 1. The van der Waals surface area contributed by atoms with Crippen molar-refractivity contribution >= 4 is 23.5 Å². The number of methoxy groups -OCH3 is 1. The topological polar surface area (TPSA) is 125 Å². The average Bonchev–Trinajstić information content (AvgIpc) is 2.96. The number of hydrogen-bond acceptors (Lipinski definition) is 8. The van der Waals surface area contributed by atoms with Crippen LogP contribution in [0.2, 0.25) is 0 Å². The Balaban J connectivity index is 1.83. The van der Waals surface area contributed by atoms with Gasteiger partial charge in [-0.05, 0) is 19.1 Å². The van der Waals surface area contributed by atoms with E-state index in [1.165, 1.54) is 19.2 Å². The summed E-state index contributed by atoms with van der Waals surface area (Å²) in [7, 11) is 1.32. The summed E-state index contributed by atoms with van der Waals surface area (Å²) in [5.41, 5.74) is -0.557. The first-order valence-corrected chi connectivity index (χ1v) is 8.50. The van der Waals surface area contributed by atoms with Crippen LogP contribution in [0.15, 0.2) is 36.4 Å². The number of amides is 2. The number of imide groups is 1. The fourth-order valence-electron chi connectivity index (χ4n) is 2.85. The van der Waals surface area contributed by atoms with Crippen molar-refractivity contribution in [2.75, 3.05) is 20.4 Å². The van der Waals surface area contributed by atoms with Gasteiger partial charge in [-0.15, -0.1) is 0 Å². The lowest BCUT2D eigenvalue weighted by molar-refractivity contribution is -0.385. The Hall–Kier alpha value is -3.95. The fourth-order valence-corrected chi connectivity index (χ4v) is 2.85. The van der Waals surface area contributed by atoms with Crippen LogP contribution >= 0.6 is 0 Å². The van der Waals surface area contributed by atoms with E-state index in [2.05, 4.69) is 0 Å². The molecule has 10 heteroatoms. The Morgan fingerprint density at radius 2 is 1.72 bits per heavy atom. The first-order chi connectivity index (χ1) is 13.9. The molecule has 2 aromatic rings. The van der Waals surface area contributed by atoms with E-state index in [0.29, 0.717) is 0 Å². The molecule has 3 rings (SSSR count). The quantitative estimate of drug-likeness (QED) is 0.300. The zero-order valence-corrected chi connectivity index (χ0v) is 15.5. The van der Waals surface area contributed by atoms with Crippen LogP contribution in [0, 0.1) is 10.1 Å². The minimum atomic E-state index is -1.09. The van der Waals surface area contributed by atoms with E-state index in [4.69, 9.17) is 14.2 Å². The highest BCUT2D eigenvalue weighted by Gasteiger charge is 2.36. The maximum absolute atomic E-state index is 12.5. The van der Waals surface area contributed by atoms with Gasteiger partial charge in [0.25, 0.3) is 17.5 Å². The number of carbonyl (C=O) groups is 3. The summed E-state index contributed by atoms with van der Waals surface area (Å²) in [6.07, 6.45) is 0. The first kappa shape index (κ1) is 19.8. The lowest BCUT2D eigenvalue weighted by Gasteiger charge is -2.15. The SMILES string of the molecule is CCOc1cc([N+](=O)[O-])c(C(=O)OCN2C(=O)c3ccccc3C2=O)cc1OC. The predicted molar refractivity (Wildman–Crippen MR) is 98.0 cm³/mol. The number of nitrogens with zero attached hydrogens (tertiary/aromatic N) is 2. The van der Waals surface area contributed by atoms with E-state index in [-0.39, 0.29) is 29.2 Å². The van der Waals surface area contributed by atoms with E-state index in [9.17, 15) is 24.5 Å². The van der Waals surface area contributed by atoms with Gasteiger partial charge in [-0.3, -0.25) is 19.7 Å². The van der Waals surface area contributed by atoms with E-state index >= 15 is 0 Å². The first-order valence-electron chi connectivity index (χ1n) is 8.50. The van der Waals surface area contributed by atoms with Gasteiger partial charge in [0.1, 0.15) is 5.56 Å². The average molecular weight is 400 g/mol. The van der Waals surface area contributed by atoms with E-state index < -0.39 is 40.7 Å². The van der Waals surface area contributed by atoms with Crippen molar-refractivity contribution in [2.45, 2.75) is 6.92 Å². The summed E-state index contributed by atoms with van der Waals surface area (Å²) in [6.45, 7) is 1.24. The number of fused-ring (bicyclic) bond motifs is 1. The molecule has 1 aliphatic rings. The highest BCUT2D eigenvalue weighted by molar-refractivity contribution is 6.21. The van der Waals surface area contributed by atoms with Crippen molar-refractivity contribution in [1.82, 2.24) is 4.90 Å². The number of benzene rings is 2. The monoisotopic (exact) mass is 400 g/mol. The molecule has 0 aromatic heterocycles. The standard InChI is InChI=1S/C19H16N2O8/c1-3-28-16-9-14(21(25)26)13(8-15(16)27-2)19(24)29-10-20-17(22)11-6-4-5-7-12(11)18(20)23/h4-9H,3,10H2,1-2H3. The van der Waals surface area contributed by atoms with Gasteiger partial charge >= 0.3 is 5.97 Å². The number of ether oxygens (including phenoxy) is 3. The Morgan fingerprint density at radius 1 is 1.10 bits per heavy atom. The molecular weight excluding hydrogens is 384 g/mol. The summed E-state index contributed by atoms with van der Waals surface area (Å²) in [5, 5.41) is 11.4. The van der Waals surface area contributed by atoms with Crippen LogP contribution in [0.1, 0.15) is 38.0 Å². The Kier molecular flexibility index (Phi) is 5.44. The minimum Gasteiger partial charge on any atom is -0.493 e. The molecule has 2 aromatic carbocycles. The summed E-state index contributed by atoms with van der Waals surface area (Å²) in [4.78, 5) is 48.5. The van der Waals surface area contributed by atoms with Crippen LogP contribution in [0.4, 0.5) is 5.69 Å². The Labute approximate surface area is 164 Å². The van der Waals surface area contributed by atoms with Crippen molar-refractivity contribution in [3.8, 4) is 11.5 Å². The molecule has 0 aliphatic carbocycles. The molecule has 0 N–H and O–H groups in total. The molecule has 0 radical (unpaired) electrons. The lowest BCUT2D eigenvalue weighted by atomic mass is 10.1. The highest BCUT2D eigenvalue weighted by atomic mass is 16.6. The molecule has 0 fully saturated rings. The molecule has 0 atom stereocenters. The number of rotatable bonds is 7. The van der Waals surface area contributed by atoms with Gasteiger partial charge in [0, 0.05) is 6.07 Å². The van der Waals surface area contributed by atoms with Gasteiger partial charge in [0.05, 0.1) is 35.8 Å². The third-order valence-corrected chi connectivity index (χ3v) is 4.20. The zero-order valence-electron chi connectivity index (χ0n) is 15.5. The van der Waals surface area contributed by atoms with Crippen LogP contribution in [-0.2, 0) is 4.74 Å². The van der Waals surface area contributed by atoms with Gasteiger partial charge in [-0.1, -0.05) is 12.1 Å². The third-order valence-electron chi connectivity index (χ3n) is 4.20. The van der Waals surface area contributed by atoms with Crippen LogP contribution in [0.5, 0.6) is 11.5 Å². The van der Waals surface area contributed by atoms with Crippen molar-refractivity contribution in [3.05, 3.63) is 63.2 Å². The largest absolute Gasteiger partial charge is 0.493 e. The van der Waals surface area contributed by atoms with Crippen molar-refractivity contribution in [3.63, 3.8) is 0 Å². The second-order valence-electron chi connectivity index (χ2n) is 5.86. The zero-order chi connectivity index (χ0) is 21.1. The Bertz CT molecular complexity index is 982. The van der Waals surface area contributed by atoms with Crippen molar-refractivity contribution < 1.29 is 33.5 Å². The minimum absolute atomic E-state index is 0.0959. The van der Waals surface area contributed by atoms with Gasteiger partial charge in [0.2, 0.25) is 0 Å². The van der Waals surface area contributed by atoms with Crippen LogP contribution < -0.4 is 9.47 Å². The molecule has 150 valence electrons. The summed E-state index contributed by atoms with van der Waals surface area (Å²) in [5.74, 6) is -2.12. The Morgan fingerprint density at radius 3 is 2.24 bits per heavy atom. The molecule has 0 bridgehead atoms. The van der Waals surface area contributed by atoms with Crippen LogP contribution in [0.3, 0.4) is 0 Å². The van der Waals surface area contributed by atoms with Crippen LogP contribution in [0.25, 0.3) is 0 Å². The van der Waals surface area contributed by atoms with Gasteiger partial charge < -0.3 is 14.2 Å². The molecule has 29 heavy (non-hydrogen) atoms. The summed E-state index contributed by atoms with van der Waals surface area (Å²) >= 11 is 0. The van der Waals surface area contributed by atoms with Gasteiger partial charge in [0.15, 0.2) is 18.2 Å². The molecule has 0 saturated carbocycles. The molecule has 1 aliphatic heterocycles. The van der Waals surface area contributed by atoms with Crippen molar-refractivity contribution in [2.24, 2.45) is 0 Å². The molecule has 1 heterocycles. The second-order valence-corrected chi connectivity index (χ2v) is 5.86. The molecule has 10 nitrogen and oxygen atoms in total. The van der Waals surface area contributed by atoms with E-state index in [1.54, 1.807) is 19.1 Å². The molecule has 0 spiro atoms. The van der Waals surface area contributed by atoms with Crippen molar-refractivity contribution in [1.29, 1.82) is 0 Å². The number of hydrogen-bond donors (Lipinski definition) is 0. The number of nitro benzene ring substituents is 1. The molecule has 2 amide bonds. The number of carbonyl (C=O) groups excluding carboxylic acids is 3.